The van der Waals surface area contributed by atoms with E-state index in [4.69, 9.17) is 5.73 Å². The number of benzene rings is 3. The van der Waals surface area contributed by atoms with E-state index in [1.165, 1.54) is 0 Å². The lowest BCUT2D eigenvalue weighted by molar-refractivity contribution is -0.145. The van der Waals surface area contributed by atoms with Gasteiger partial charge in [0, 0.05) is 5.75 Å². The van der Waals surface area contributed by atoms with Crippen molar-refractivity contribution in [1.29, 1.82) is 0 Å². The Morgan fingerprint density at radius 2 is 1.19 bits per heavy atom. The highest BCUT2D eigenvalue weighted by Gasteiger charge is 2.39. The smallest absolute Gasteiger partial charge is 0.326 e. The molecule has 0 aliphatic carbocycles. The highest BCUT2D eigenvalue weighted by atomic mass is 32.1. The second-order valence-corrected chi connectivity index (χ2v) is 11.5. The fourth-order valence-corrected chi connectivity index (χ4v) is 4.96. The van der Waals surface area contributed by atoms with Crippen molar-refractivity contribution in [1.82, 2.24) is 16.0 Å². The predicted molar refractivity (Wildman–Crippen MR) is 165 cm³/mol. The van der Waals surface area contributed by atoms with Gasteiger partial charge in [-0.25, -0.2) is 4.79 Å². The van der Waals surface area contributed by atoms with Crippen LogP contribution in [0.3, 0.4) is 0 Å². The predicted octanol–water partition coefficient (Wildman–Crippen LogP) is 2.84. The first-order valence-corrected chi connectivity index (χ1v) is 14.2. The zero-order valence-corrected chi connectivity index (χ0v) is 24.8. The van der Waals surface area contributed by atoms with Gasteiger partial charge in [-0.3, -0.25) is 14.4 Å². The number of carbonyl (C=O) groups excluding carboxylic acids is 3. The molecule has 3 atom stereocenters. The van der Waals surface area contributed by atoms with Crippen LogP contribution < -0.4 is 21.7 Å². The Morgan fingerprint density at radius 3 is 1.55 bits per heavy atom. The SMILES string of the molecule is CC(C)(C)[C@H](NC(=O)[C@H](CS)NC(=O)[C@@H](N)CC(=O)NC(c1ccccc1)(c1ccccc1)c1ccccc1)C(=O)O. The number of hydrogen-bond acceptors (Lipinski definition) is 6. The maximum atomic E-state index is 13.6. The van der Waals surface area contributed by atoms with Crippen molar-refractivity contribution in [2.24, 2.45) is 11.1 Å². The topological polar surface area (TPSA) is 151 Å². The Bertz CT molecular complexity index is 1270. The molecule has 42 heavy (non-hydrogen) atoms. The summed E-state index contributed by atoms with van der Waals surface area (Å²) in [5, 5.41) is 17.6. The van der Waals surface area contributed by atoms with Crippen LogP contribution in [0.4, 0.5) is 0 Å². The van der Waals surface area contributed by atoms with Gasteiger partial charge in [0.1, 0.15) is 17.6 Å². The number of aliphatic carboxylic acids is 1. The summed E-state index contributed by atoms with van der Waals surface area (Å²) in [6, 6.07) is 24.9. The summed E-state index contributed by atoms with van der Waals surface area (Å²) in [6.45, 7) is 5.03. The molecule has 0 heterocycles. The van der Waals surface area contributed by atoms with Gasteiger partial charge in [-0.05, 0) is 22.1 Å². The van der Waals surface area contributed by atoms with Crippen LogP contribution in [-0.4, -0.2) is 52.7 Å². The molecule has 0 radical (unpaired) electrons. The summed E-state index contributed by atoms with van der Waals surface area (Å²) < 4.78 is 0. The Balaban J connectivity index is 1.82. The molecule has 0 bridgehead atoms. The Kier molecular flexibility index (Phi) is 10.9. The minimum absolute atomic E-state index is 0.105. The highest BCUT2D eigenvalue weighted by molar-refractivity contribution is 7.80. The van der Waals surface area contributed by atoms with Gasteiger partial charge in [0.2, 0.25) is 17.7 Å². The standard InChI is InChI=1S/C32H38N4O5S/c1-31(2,3)27(30(40)41)35-29(39)25(20-42)34-28(38)24(33)19-26(37)36-32(21-13-7-4-8-14-21,22-15-9-5-10-16-22)23-17-11-6-12-18-23/h4-18,24-25,27,42H,19-20,33H2,1-3H3,(H,34,38)(H,35,39)(H,36,37)(H,40,41)/t24-,25-,27+/m0/s1. The summed E-state index contributed by atoms with van der Waals surface area (Å²) in [4.78, 5) is 51.1. The number of carboxylic acids is 1. The molecule has 0 aliphatic heterocycles. The summed E-state index contributed by atoms with van der Waals surface area (Å²) >= 11 is 4.15. The van der Waals surface area contributed by atoms with Crippen molar-refractivity contribution in [3.05, 3.63) is 108 Å². The van der Waals surface area contributed by atoms with Crippen LogP contribution >= 0.6 is 12.6 Å². The van der Waals surface area contributed by atoms with Crippen molar-refractivity contribution in [3.8, 4) is 0 Å². The van der Waals surface area contributed by atoms with Crippen LogP contribution in [0.1, 0.15) is 43.9 Å². The van der Waals surface area contributed by atoms with Crippen LogP contribution in [0, 0.1) is 5.41 Å². The van der Waals surface area contributed by atoms with Gasteiger partial charge in [-0.15, -0.1) is 0 Å². The maximum absolute atomic E-state index is 13.6. The zero-order valence-electron chi connectivity index (χ0n) is 23.9. The molecule has 0 saturated carbocycles. The molecule has 10 heteroatoms. The number of carboxylic acid groups (broad SMARTS) is 1. The van der Waals surface area contributed by atoms with Crippen molar-refractivity contribution in [3.63, 3.8) is 0 Å². The zero-order chi connectivity index (χ0) is 30.9. The normalized spacial score (nSPS) is 13.7. The number of nitrogens with one attached hydrogen (secondary N) is 3. The summed E-state index contributed by atoms with van der Waals surface area (Å²) in [5.41, 5.74) is 6.73. The van der Waals surface area contributed by atoms with E-state index >= 15 is 0 Å². The molecule has 9 nitrogen and oxygen atoms in total. The van der Waals surface area contributed by atoms with Crippen molar-refractivity contribution in [2.75, 3.05) is 5.75 Å². The molecule has 0 fully saturated rings. The van der Waals surface area contributed by atoms with E-state index in [2.05, 4.69) is 28.6 Å². The minimum Gasteiger partial charge on any atom is -0.480 e. The molecule has 3 amide bonds. The van der Waals surface area contributed by atoms with Crippen LogP contribution in [0.25, 0.3) is 0 Å². The Morgan fingerprint density at radius 1 is 0.762 bits per heavy atom. The number of rotatable bonds is 12. The fourth-order valence-electron chi connectivity index (χ4n) is 4.70. The number of thiol groups is 1. The van der Waals surface area contributed by atoms with Gasteiger partial charge >= 0.3 is 5.97 Å². The highest BCUT2D eigenvalue weighted by Crippen LogP contribution is 2.36. The molecule has 3 aromatic carbocycles. The van der Waals surface area contributed by atoms with Gasteiger partial charge in [-0.1, -0.05) is 112 Å². The maximum Gasteiger partial charge on any atom is 0.326 e. The molecule has 3 rings (SSSR count). The minimum atomic E-state index is -1.29. The summed E-state index contributed by atoms with van der Waals surface area (Å²) in [6.07, 6.45) is -0.374. The number of carbonyl (C=O) groups is 4. The fraction of sp³-hybridized carbons (Fsp3) is 0.312. The Hall–Kier alpha value is -4.15. The van der Waals surface area contributed by atoms with Gasteiger partial charge in [-0.2, -0.15) is 12.6 Å². The molecule has 222 valence electrons. The average molecular weight is 591 g/mol. The van der Waals surface area contributed by atoms with E-state index in [-0.39, 0.29) is 12.2 Å². The van der Waals surface area contributed by atoms with Crippen molar-refractivity contribution < 1.29 is 24.3 Å². The molecule has 0 aliphatic rings. The quantitative estimate of drug-likeness (QED) is 0.141. The molecule has 0 unspecified atom stereocenters. The van der Waals surface area contributed by atoms with E-state index in [0.29, 0.717) is 0 Å². The van der Waals surface area contributed by atoms with E-state index in [0.717, 1.165) is 16.7 Å². The lowest BCUT2D eigenvalue weighted by Crippen LogP contribution is -2.58. The van der Waals surface area contributed by atoms with E-state index in [1.807, 2.05) is 91.0 Å². The number of hydrogen-bond donors (Lipinski definition) is 6. The third kappa shape index (κ3) is 7.77. The lowest BCUT2D eigenvalue weighted by Gasteiger charge is -2.37. The van der Waals surface area contributed by atoms with Crippen LogP contribution in [0.5, 0.6) is 0 Å². The first kappa shape index (κ1) is 32.4. The summed E-state index contributed by atoms with van der Waals surface area (Å²) in [5.74, 6) is -3.25. The van der Waals surface area contributed by atoms with Gasteiger partial charge in [0.15, 0.2) is 0 Å². The molecule has 0 spiro atoms. The molecular weight excluding hydrogens is 552 g/mol. The molecule has 3 aromatic rings. The van der Waals surface area contributed by atoms with Gasteiger partial charge in [0.05, 0.1) is 12.5 Å². The summed E-state index contributed by atoms with van der Waals surface area (Å²) in [7, 11) is 0. The van der Waals surface area contributed by atoms with Gasteiger partial charge in [0.25, 0.3) is 0 Å². The molecule has 0 saturated heterocycles. The number of nitrogens with two attached hydrogens (primary N) is 1. The third-order valence-corrected chi connectivity index (χ3v) is 7.27. The van der Waals surface area contributed by atoms with Crippen LogP contribution in [0.2, 0.25) is 0 Å². The second-order valence-electron chi connectivity index (χ2n) is 11.1. The monoisotopic (exact) mass is 590 g/mol. The van der Waals surface area contributed by atoms with Crippen LogP contribution in [0.15, 0.2) is 91.0 Å². The lowest BCUT2D eigenvalue weighted by atomic mass is 9.77. The third-order valence-electron chi connectivity index (χ3n) is 6.90. The largest absolute Gasteiger partial charge is 0.480 e. The molecule has 0 aromatic heterocycles. The van der Waals surface area contributed by atoms with E-state index < -0.39 is 52.8 Å². The van der Waals surface area contributed by atoms with Crippen molar-refractivity contribution >= 4 is 36.3 Å². The first-order valence-electron chi connectivity index (χ1n) is 13.6. The van der Waals surface area contributed by atoms with E-state index in [9.17, 15) is 24.3 Å². The number of amides is 3. The van der Waals surface area contributed by atoms with Crippen LogP contribution in [-0.2, 0) is 24.7 Å². The Labute approximate surface area is 251 Å². The molecule has 6 N–H and O–H groups in total. The van der Waals surface area contributed by atoms with E-state index in [1.54, 1.807) is 20.8 Å². The second kappa shape index (κ2) is 14.2. The molecular formula is C32H38N4O5S. The average Bonchev–Trinajstić information content (AvgIpc) is 2.97. The van der Waals surface area contributed by atoms with Crippen molar-refractivity contribution in [2.45, 2.75) is 50.9 Å². The first-order chi connectivity index (χ1) is 19.9. The van der Waals surface area contributed by atoms with Gasteiger partial charge < -0.3 is 26.8 Å².